The molecule has 1 atom stereocenters. The van der Waals surface area contributed by atoms with Gasteiger partial charge in [-0.25, -0.2) is 8.42 Å². The topological polar surface area (TPSA) is 96.0 Å². The van der Waals surface area contributed by atoms with Gasteiger partial charge in [0.2, 0.25) is 21.8 Å². The number of likely N-dealkylation sites (N-methyl/N-ethyl adjacent to an activating group) is 1. The minimum absolute atomic E-state index is 0.0558. The molecule has 2 amide bonds. The number of benzene rings is 2. The maximum atomic E-state index is 13.6. The molecule has 0 saturated carbocycles. The second kappa shape index (κ2) is 11.9. The molecule has 9 heteroatoms. The molecule has 0 aliphatic rings. The molecule has 0 aliphatic heterocycles. The van der Waals surface area contributed by atoms with Crippen molar-refractivity contribution in [2.45, 2.75) is 45.7 Å². The number of nitrogens with zero attached hydrogens (tertiary/aromatic N) is 2. The number of carbonyl (C=O) groups is 2. The van der Waals surface area contributed by atoms with Gasteiger partial charge in [-0.1, -0.05) is 51.1 Å². The summed E-state index contributed by atoms with van der Waals surface area (Å²) in [6, 6.07) is 13.6. The van der Waals surface area contributed by atoms with Gasteiger partial charge in [-0.05, 0) is 41.7 Å². The van der Waals surface area contributed by atoms with Crippen LogP contribution in [0.3, 0.4) is 0 Å². The van der Waals surface area contributed by atoms with Crippen LogP contribution in [-0.2, 0) is 26.2 Å². The lowest BCUT2D eigenvalue weighted by Gasteiger charge is -2.33. The molecule has 0 unspecified atom stereocenters. The summed E-state index contributed by atoms with van der Waals surface area (Å²) in [5.74, 6) is -0.0400. The molecule has 2 aromatic rings. The zero-order chi connectivity index (χ0) is 25.5. The van der Waals surface area contributed by atoms with Gasteiger partial charge in [-0.2, -0.15) is 0 Å². The van der Waals surface area contributed by atoms with Gasteiger partial charge in [0.1, 0.15) is 18.3 Å². The van der Waals surface area contributed by atoms with Gasteiger partial charge in [-0.3, -0.25) is 13.9 Å². The minimum atomic E-state index is -3.77. The summed E-state index contributed by atoms with van der Waals surface area (Å²) in [4.78, 5) is 27.7. The summed E-state index contributed by atoms with van der Waals surface area (Å²) in [5, 5.41) is 2.61. The van der Waals surface area contributed by atoms with E-state index in [1.54, 1.807) is 31.4 Å². The molecule has 0 fully saturated rings. The molecule has 186 valence electrons. The Bertz CT molecular complexity index is 1080. The highest BCUT2D eigenvalue weighted by Crippen LogP contribution is 2.29. The van der Waals surface area contributed by atoms with E-state index in [2.05, 4.69) is 5.32 Å². The molecule has 34 heavy (non-hydrogen) atoms. The van der Waals surface area contributed by atoms with Gasteiger partial charge >= 0.3 is 0 Å². The Balaban J connectivity index is 2.47. The van der Waals surface area contributed by atoms with Crippen molar-refractivity contribution in [2.75, 3.05) is 31.3 Å². The van der Waals surface area contributed by atoms with Crippen LogP contribution in [0.4, 0.5) is 5.69 Å². The van der Waals surface area contributed by atoms with Gasteiger partial charge < -0.3 is 15.0 Å². The highest BCUT2D eigenvalue weighted by molar-refractivity contribution is 7.92. The van der Waals surface area contributed by atoms with Gasteiger partial charge in [0.05, 0.1) is 19.1 Å². The number of anilines is 1. The summed E-state index contributed by atoms with van der Waals surface area (Å²) in [6.07, 6.45) is 1.46. The van der Waals surface area contributed by atoms with Crippen molar-refractivity contribution in [1.82, 2.24) is 10.2 Å². The number of hydrogen-bond acceptors (Lipinski definition) is 5. The van der Waals surface area contributed by atoms with Crippen LogP contribution in [0.25, 0.3) is 0 Å². The number of sulfonamides is 1. The Morgan fingerprint density at radius 2 is 1.68 bits per heavy atom. The number of nitrogens with one attached hydrogen (secondary N) is 1. The molecular weight excluding hydrogens is 454 g/mol. The van der Waals surface area contributed by atoms with Gasteiger partial charge in [0, 0.05) is 13.6 Å². The minimum Gasteiger partial charge on any atom is -0.497 e. The number of methoxy groups -OCH3 is 1. The summed E-state index contributed by atoms with van der Waals surface area (Å²) < 4.78 is 31.9. The Labute approximate surface area is 202 Å². The molecule has 2 rings (SSSR count). The van der Waals surface area contributed by atoms with Crippen LogP contribution in [0.15, 0.2) is 48.5 Å². The number of carbonyl (C=O) groups excluding carboxylic acids is 2. The standard InChI is InChI=1S/C25H35N3O5S/c1-7-22(25(30)26-4)27(16-19-12-14-20(33-5)15-13-19)24(29)17-28(34(6,31)32)23-11-9-8-10-21(23)18(2)3/h8-15,18,22H,7,16-17H2,1-6H3,(H,26,30)/t22-/m1/s1. The predicted octanol–water partition coefficient (Wildman–Crippen LogP) is 3.14. The summed E-state index contributed by atoms with van der Waals surface area (Å²) >= 11 is 0. The number of hydrogen-bond donors (Lipinski definition) is 1. The monoisotopic (exact) mass is 489 g/mol. The van der Waals surface area contributed by atoms with E-state index >= 15 is 0 Å². The molecule has 0 aliphatic carbocycles. The van der Waals surface area contributed by atoms with Crippen molar-refractivity contribution in [3.63, 3.8) is 0 Å². The first kappa shape index (κ1) is 27.2. The largest absolute Gasteiger partial charge is 0.497 e. The Kier molecular flexibility index (Phi) is 9.49. The lowest BCUT2D eigenvalue weighted by molar-refractivity contribution is -0.140. The molecule has 0 radical (unpaired) electrons. The number of amides is 2. The van der Waals surface area contributed by atoms with Gasteiger partial charge in [0.25, 0.3) is 0 Å². The van der Waals surface area contributed by atoms with Gasteiger partial charge in [0.15, 0.2) is 0 Å². The van der Waals surface area contributed by atoms with E-state index in [-0.39, 0.29) is 18.4 Å². The number of rotatable bonds is 11. The first-order chi connectivity index (χ1) is 16.0. The molecule has 0 saturated heterocycles. The second-order valence-electron chi connectivity index (χ2n) is 8.39. The first-order valence-corrected chi connectivity index (χ1v) is 13.1. The third-order valence-corrected chi connectivity index (χ3v) is 6.78. The quantitative estimate of drug-likeness (QED) is 0.523. The van der Waals surface area contributed by atoms with Crippen LogP contribution < -0.4 is 14.4 Å². The normalized spacial score (nSPS) is 12.2. The third-order valence-electron chi connectivity index (χ3n) is 5.65. The van der Waals surface area contributed by atoms with E-state index in [1.165, 1.54) is 11.9 Å². The van der Waals surface area contributed by atoms with E-state index in [4.69, 9.17) is 4.74 Å². The smallest absolute Gasteiger partial charge is 0.244 e. The van der Waals surface area contributed by atoms with Crippen molar-refractivity contribution in [3.8, 4) is 5.75 Å². The lowest BCUT2D eigenvalue weighted by Crippen LogP contribution is -2.51. The van der Waals surface area contributed by atoms with Crippen molar-refractivity contribution in [1.29, 1.82) is 0 Å². The summed E-state index contributed by atoms with van der Waals surface area (Å²) in [7, 11) is -0.690. The van der Waals surface area contributed by atoms with Crippen LogP contribution in [0.1, 0.15) is 44.2 Å². The van der Waals surface area contributed by atoms with Crippen LogP contribution >= 0.6 is 0 Å². The third kappa shape index (κ3) is 6.72. The van der Waals surface area contributed by atoms with Crippen molar-refractivity contribution in [3.05, 3.63) is 59.7 Å². The lowest BCUT2D eigenvalue weighted by atomic mass is 10.0. The SMILES string of the molecule is CC[C@H](C(=O)NC)N(Cc1ccc(OC)cc1)C(=O)CN(c1ccccc1C(C)C)S(C)(=O)=O. The van der Waals surface area contributed by atoms with Crippen LogP contribution in [0.2, 0.25) is 0 Å². The van der Waals surface area contributed by atoms with E-state index in [0.717, 1.165) is 21.7 Å². The van der Waals surface area contributed by atoms with E-state index in [9.17, 15) is 18.0 Å². The second-order valence-corrected chi connectivity index (χ2v) is 10.3. The predicted molar refractivity (Wildman–Crippen MR) is 134 cm³/mol. The first-order valence-electron chi connectivity index (χ1n) is 11.2. The Hall–Kier alpha value is -3.07. The molecule has 1 N–H and O–H groups in total. The van der Waals surface area contributed by atoms with E-state index in [0.29, 0.717) is 17.9 Å². The molecule has 0 spiro atoms. The fraction of sp³-hybridized carbons (Fsp3) is 0.440. The highest BCUT2D eigenvalue weighted by atomic mass is 32.2. The number of para-hydroxylation sites is 1. The molecule has 2 aromatic carbocycles. The average molecular weight is 490 g/mol. The molecule has 0 aromatic heterocycles. The van der Waals surface area contributed by atoms with Crippen molar-refractivity contribution >= 4 is 27.5 Å². The fourth-order valence-electron chi connectivity index (χ4n) is 3.81. The summed E-state index contributed by atoms with van der Waals surface area (Å²) in [6.45, 7) is 5.49. The zero-order valence-electron chi connectivity index (χ0n) is 20.7. The van der Waals surface area contributed by atoms with Crippen LogP contribution in [0.5, 0.6) is 5.75 Å². The molecule has 0 heterocycles. The Morgan fingerprint density at radius 1 is 1.06 bits per heavy atom. The highest BCUT2D eigenvalue weighted by Gasteiger charge is 2.32. The summed E-state index contributed by atoms with van der Waals surface area (Å²) in [5.41, 5.74) is 2.08. The average Bonchev–Trinajstić information content (AvgIpc) is 2.81. The van der Waals surface area contributed by atoms with Crippen LogP contribution in [0, 0.1) is 0 Å². The number of ether oxygens (including phenoxy) is 1. The molecule has 8 nitrogen and oxygen atoms in total. The maximum Gasteiger partial charge on any atom is 0.244 e. The molecular formula is C25H35N3O5S. The van der Waals surface area contributed by atoms with Crippen LogP contribution in [-0.4, -0.2) is 58.1 Å². The van der Waals surface area contributed by atoms with E-state index in [1.807, 2.05) is 45.0 Å². The van der Waals surface area contributed by atoms with Gasteiger partial charge in [-0.15, -0.1) is 0 Å². The van der Waals surface area contributed by atoms with Crippen molar-refractivity contribution in [2.24, 2.45) is 0 Å². The zero-order valence-corrected chi connectivity index (χ0v) is 21.6. The fourth-order valence-corrected chi connectivity index (χ4v) is 4.68. The Morgan fingerprint density at radius 3 is 2.18 bits per heavy atom. The van der Waals surface area contributed by atoms with E-state index < -0.39 is 28.5 Å². The van der Waals surface area contributed by atoms with Crippen molar-refractivity contribution < 1.29 is 22.7 Å². The molecule has 0 bridgehead atoms. The maximum absolute atomic E-state index is 13.6.